The summed E-state index contributed by atoms with van der Waals surface area (Å²) in [5, 5.41) is 0.606. The van der Waals surface area contributed by atoms with Gasteiger partial charge in [0.25, 0.3) is 0 Å². The summed E-state index contributed by atoms with van der Waals surface area (Å²) in [4.78, 5) is 13.7. The maximum Gasteiger partial charge on any atom is 0.222 e. The third kappa shape index (κ3) is 2.76. The summed E-state index contributed by atoms with van der Waals surface area (Å²) in [5.41, 5.74) is 7.21. The predicted octanol–water partition coefficient (Wildman–Crippen LogP) is 2.10. The van der Waals surface area contributed by atoms with Crippen molar-refractivity contribution in [3.8, 4) is 0 Å². The number of carbonyl (C=O) groups excluding carboxylic acids is 1. The van der Waals surface area contributed by atoms with Crippen LogP contribution in [0.4, 0.5) is 0 Å². The Balaban J connectivity index is 2.16. The van der Waals surface area contributed by atoms with E-state index in [2.05, 4.69) is 0 Å². The van der Waals surface area contributed by atoms with E-state index in [9.17, 15) is 4.79 Å². The van der Waals surface area contributed by atoms with E-state index in [0.29, 0.717) is 23.0 Å². The van der Waals surface area contributed by atoms with Crippen molar-refractivity contribution < 1.29 is 4.79 Å². The molecule has 0 unspecified atom stereocenters. The first kappa shape index (κ1) is 12.3. The molecule has 1 aliphatic rings. The van der Waals surface area contributed by atoms with E-state index in [-0.39, 0.29) is 5.91 Å². The molecule has 2 rings (SSSR count). The number of carbonyl (C=O) groups is 1. The molecule has 1 fully saturated rings. The van der Waals surface area contributed by atoms with E-state index in [0.717, 1.165) is 24.1 Å². The molecule has 0 atom stereocenters. The van der Waals surface area contributed by atoms with Gasteiger partial charge in [-0.15, -0.1) is 0 Å². The molecule has 1 aromatic rings. The fourth-order valence-electron chi connectivity index (χ4n) is 1.91. The minimum atomic E-state index is 0.194. The molecule has 5 heteroatoms. The smallest absolute Gasteiger partial charge is 0.222 e. The van der Waals surface area contributed by atoms with Crippen LogP contribution in [0.1, 0.15) is 24.0 Å². The first-order valence-corrected chi connectivity index (χ1v) is 6.22. The van der Waals surface area contributed by atoms with Crippen LogP contribution >= 0.6 is 23.8 Å². The summed E-state index contributed by atoms with van der Waals surface area (Å²) >= 11 is 11.0. The largest absolute Gasteiger partial charge is 0.389 e. The lowest BCUT2D eigenvalue weighted by atomic mass is 10.1. The van der Waals surface area contributed by atoms with E-state index in [4.69, 9.17) is 29.6 Å². The summed E-state index contributed by atoms with van der Waals surface area (Å²) in [5.74, 6) is 0.194. The molecule has 1 saturated heterocycles. The van der Waals surface area contributed by atoms with E-state index in [1.807, 2.05) is 17.0 Å². The highest BCUT2D eigenvalue weighted by atomic mass is 35.5. The SMILES string of the molecule is NC(=S)c1ccc(CN2CCCC2=O)c(Cl)c1. The van der Waals surface area contributed by atoms with Crippen molar-refractivity contribution in [2.24, 2.45) is 5.73 Å². The van der Waals surface area contributed by atoms with Gasteiger partial charge in [-0.1, -0.05) is 36.0 Å². The molecule has 0 radical (unpaired) electrons. The molecule has 90 valence electrons. The first-order valence-electron chi connectivity index (χ1n) is 5.44. The molecule has 3 nitrogen and oxygen atoms in total. The third-order valence-electron chi connectivity index (χ3n) is 2.87. The Morgan fingerprint density at radius 2 is 2.29 bits per heavy atom. The minimum absolute atomic E-state index is 0.194. The van der Waals surface area contributed by atoms with Gasteiger partial charge in [-0.2, -0.15) is 0 Å². The highest BCUT2D eigenvalue weighted by Gasteiger charge is 2.20. The molecule has 1 aromatic carbocycles. The van der Waals surface area contributed by atoms with Gasteiger partial charge >= 0.3 is 0 Å². The van der Waals surface area contributed by atoms with Gasteiger partial charge in [0.2, 0.25) is 5.91 Å². The van der Waals surface area contributed by atoms with Crippen LogP contribution in [0.3, 0.4) is 0 Å². The average Bonchev–Trinajstić information content (AvgIpc) is 2.67. The Kier molecular flexibility index (Phi) is 3.64. The zero-order chi connectivity index (χ0) is 12.4. The van der Waals surface area contributed by atoms with Crippen molar-refractivity contribution in [1.29, 1.82) is 0 Å². The van der Waals surface area contributed by atoms with Crippen molar-refractivity contribution in [3.63, 3.8) is 0 Å². The standard InChI is InChI=1S/C12H13ClN2OS/c13-10-6-8(12(14)17)3-4-9(10)7-15-5-1-2-11(15)16/h3-4,6H,1-2,5,7H2,(H2,14,17). The summed E-state index contributed by atoms with van der Waals surface area (Å²) in [6, 6.07) is 5.46. The number of halogens is 1. The number of amides is 1. The second kappa shape index (κ2) is 5.02. The van der Waals surface area contributed by atoms with Crippen molar-refractivity contribution in [3.05, 3.63) is 34.3 Å². The van der Waals surface area contributed by atoms with Gasteiger partial charge in [-0.25, -0.2) is 0 Å². The summed E-state index contributed by atoms with van der Waals surface area (Å²) in [6.07, 6.45) is 1.57. The van der Waals surface area contributed by atoms with E-state index in [1.165, 1.54) is 0 Å². The van der Waals surface area contributed by atoms with Crippen molar-refractivity contribution in [2.45, 2.75) is 19.4 Å². The fourth-order valence-corrected chi connectivity index (χ4v) is 2.27. The zero-order valence-corrected chi connectivity index (χ0v) is 10.9. The van der Waals surface area contributed by atoms with E-state index in [1.54, 1.807) is 6.07 Å². The van der Waals surface area contributed by atoms with Crippen molar-refractivity contribution >= 4 is 34.7 Å². The van der Waals surface area contributed by atoms with Crippen LogP contribution in [0, 0.1) is 0 Å². The molecule has 1 heterocycles. The lowest BCUT2D eigenvalue weighted by Crippen LogP contribution is -2.24. The summed E-state index contributed by atoms with van der Waals surface area (Å²) in [6.45, 7) is 1.38. The molecular formula is C12H13ClN2OS. The van der Waals surface area contributed by atoms with Gasteiger partial charge in [0.1, 0.15) is 4.99 Å². The average molecular weight is 269 g/mol. The Hall–Kier alpha value is -1.13. The van der Waals surface area contributed by atoms with Gasteiger partial charge in [0.15, 0.2) is 0 Å². The normalized spacial score (nSPS) is 15.4. The van der Waals surface area contributed by atoms with Gasteiger partial charge in [-0.05, 0) is 18.1 Å². The van der Waals surface area contributed by atoms with Crippen molar-refractivity contribution in [1.82, 2.24) is 4.90 Å². The van der Waals surface area contributed by atoms with Gasteiger partial charge in [-0.3, -0.25) is 4.79 Å². The molecule has 0 bridgehead atoms. The number of benzene rings is 1. The molecule has 0 spiro atoms. The maximum absolute atomic E-state index is 11.5. The molecule has 17 heavy (non-hydrogen) atoms. The summed E-state index contributed by atoms with van der Waals surface area (Å²) in [7, 11) is 0. The van der Waals surface area contributed by atoms with Crippen LogP contribution in [0.2, 0.25) is 5.02 Å². The molecule has 0 aliphatic carbocycles. The quantitative estimate of drug-likeness (QED) is 0.854. The second-order valence-electron chi connectivity index (χ2n) is 4.09. The molecule has 1 aliphatic heterocycles. The van der Waals surface area contributed by atoms with Crippen LogP contribution < -0.4 is 5.73 Å². The second-order valence-corrected chi connectivity index (χ2v) is 4.94. The third-order valence-corrected chi connectivity index (χ3v) is 3.46. The zero-order valence-electron chi connectivity index (χ0n) is 9.28. The highest BCUT2D eigenvalue weighted by molar-refractivity contribution is 7.80. The Bertz CT molecular complexity index is 476. The number of hydrogen-bond donors (Lipinski definition) is 1. The maximum atomic E-state index is 11.5. The summed E-state index contributed by atoms with van der Waals surface area (Å²) < 4.78 is 0. The monoisotopic (exact) mass is 268 g/mol. The number of likely N-dealkylation sites (tertiary alicyclic amines) is 1. The number of nitrogens with two attached hydrogens (primary N) is 1. The number of rotatable bonds is 3. The lowest BCUT2D eigenvalue weighted by molar-refractivity contribution is -0.128. The van der Waals surface area contributed by atoms with Crippen LogP contribution in [-0.2, 0) is 11.3 Å². The lowest BCUT2D eigenvalue weighted by Gasteiger charge is -2.16. The Morgan fingerprint density at radius 1 is 1.53 bits per heavy atom. The highest BCUT2D eigenvalue weighted by Crippen LogP contribution is 2.22. The molecule has 0 saturated carbocycles. The van der Waals surface area contributed by atoms with Crippen molar-refractivity contribution in [2.75, 3.05) is 6.54 Å². The van der Waals surface area contributed by atoms with E-state index >= 15 is 0 Å². The Labute approximate surface area is 111 Å². The van der Waals surface area contributed by atoms with Crippen LogP contribution in [0.25, 0.3) is 0 Å². The first-order chi connectivity index (χ1) is 8.08. The number of nitrogens with zero attached hydrogens (tertiary/aromatic N) is 1. The van der Waals surface area contributed by atoms with E-state index < -0.39 is 0 Å². The topological polar surface area (TPSA) is 46.3 Å². The Morgan fingerprint density at radius 3 is 2.82 bits per heavy atom. The molecule has 2 N–H and O–H groups in total. The number of hydrogen-bond acceptors (Lipinski definition) is 2. The number of thiocarbonyl (C=S) groups is 1. The van der Waals surface area contributed by atoms with Gasteiger partial charge in [0, 0.05) is 30.1 Å². The van der Waals surface area contributed by atoms with Gasteiger partial charge in [0.05, 0.1) is 0 Å². The molecular weight excluding hydrogens is 256 g/mol. The van der Waals surface area contributed by atoms with Crippen LogP contribution in [0.15, 0.2) is 18.2 Å². The minimum Gasteiger partial charge on any atom is -0.389 e. The fraction of sp³-hybridized carbons (Fsp3) is 0.333. The molecule has 1 amide bonds. The molecule has 0 aromatic heterocycles. The van der Waals surface area contributed by atoms with Gasteiger partial charge < -0.3 is 10.6 Å². The predicted molar refractivity (Wildman–Crippen MR) is 72.0 cm³/mol. The van der Waals surface area contributed by atoms with Crippen LogP contribution in [0.5, 0.6) is 0 Å². The van der Waals surface area contributed by atoms with Crippen LogP contribution in [-0.4, -0.2) is 22.3 Å².